The minimum Gasteiger partial charge on any atom is -0.346 e. The molecule has 17 heavy (non-hydrogen) atoms. The van der Waals surface area contributed by atoms with E-state index in [1.807, 2.05) is 16.8 Å². The number of thiazole rings is 1. The summed E-state index contributed by atoms with van der Waals surface area (Å²) in [5.74, 6) is -0.109. The molecule has 0 fully saturated rings. The van der Waals surface area contributed by atoms with Crippen molar-refractivity contribution in [2.45, 2.75) is 6.54 Å². The van der Waals surface area contributed by atoms with Gasteiger partial charge < -0.3 is 5.32 Å². The Kier molecular flexibility index (Phi) is 4.47. The second-order valence-electron chi connectivity index (χ2n) is 3.16. The Labute approximate surface area is 115 Å². The van der Waals surface area contributed by atoms with Crippen molar-refractivity contribution in [3.63, 3.8) is 0 Å². The number of hydrogen-bond acceptors (Lipinski definition) is 4. The van der Waals surface area contributed by atoms with Crippen LogP contribution < -0.4 is 5.32 Å². The van der Waals surface area contributed by atoms with Crippen LogP contribution in [-0.2, 0) is 11.3 Å². The molecule has 2 aromatic heterocycles. The van der Waals surface area contributed by atoms with Gasteiger partial charge in [-0.3, -0.25) is 4.79 Å². The van der Waals surface area contributed by atoms with Crippen LogP contribution in [0.25, 0.3) is 6.08 Å². The highest BCUT2D eigenvalue weighted by Crippen LogP contribution is 2.21. The smallest absolute Gasteiger partial charge is 0.244 e. The van der Waals surface area contributed by atoms with Crippen LogP contribution in [0.15, 0.2) is 32.9 Å². The van der Waals surface area contributed by atoms with Crippen molar-refractivity contribution in [1.29, 1.82) is 0 Å². The Hall–Kier alpha value is -0.980. The molecule has 0 spiro atoms. The Morgan fingerprint density at radius 1 is 1.53 bits per heavy atom. The van der Waals surface area contributed by atoms with E-state index in [1.54, 1.807) is 23.6 Å². The van der Waals surface area contributed by atoms with Gasteiger partial charge in [-0.25, -0.2) is 4.98 Å². The number of carbonyl (C=O) groups excluding carboxylic acids is 1. The number of carbonyl (C=O) groups is 1. The third kappa shape index (κ3) is 4.07. The van der Waals surface area contributed by atoms with E-state index in [1.165, 1.54) is 17.4 Å². The van der Waals surface area contributed by atoms with Gasteiger partial charge in [0.25, 0.3) is 0 Å². The summed E-state index contributed by atoms with van der Waals surface area (Å²) in [6.07, 6.45) is 5.05. The maximum absolute atomic E-state index is 11.5. The molecule has 2 heterocycles. The van der Waals surface area contributed by atoms with Crippen molar-refractivity contribution in [3.05, 3.63) is 43.5 Å². The molecule has 1 N–H and O–H groups in total. The summed E-state index contributed by atoms with van der Waals surface area (Å²) in [5.41, 5.74) is 1.02. The Balaban J connectivity index is 1.83. The first-order chi connectivity index (χ1) is 8.24. The lowest BCUT2D eigenvalue weighted by molar-refractivity contribution is -0.116. The normalized spacial score (nSPS) is 10.9. The average Bonchev–Trinajstić information content (AvgIpc) is 2.95. The fourth-order valence-electron chi connectivity index (χ4n) is 1.14. The van der Waals surface area contributed by atoms with E-state index < -0.39 is 0 Å². The molecule has 88 valence electrons. The molecule has 0 atom stereocenters. The molecule has 0 radical (unpaired) electrons. The third-order valence-electron chi connectivity index (χ3n) is 1.91. The fourth-order valence-corrected chi connectivity index (χ4v) is 2.84. The standard InChI is InChI=1S/C11H9BrN2OS2/c12-9-5-8(7-17-9)1-2-10(15)14-6-11-13-3-4-16-11/h1-5,7H,6H2,(H,14,15)/b2-1+. The number of amides is 1. The van der Waals surface area contributed by atoms with Crippen molar-refractivity contribution in [3.8, 4) is 0 Å². The quantitative estimate of drug-likeness (QED) is 0.875. The maximum atomic E-state index is 11.5. The minimum absolute atomic E-state index is 0.109. The number of rotatable bonds is 4. The van der Waals surface area contributed by atoms with Crippen LogP contribution in [0, 0.1) is 0 Å². The van der Waals surface area contributed by atoms with Gasteiger partial charge in [0.2, 0.25) is 5.91 Å². The molecule has 0 saturated carbocycles. The summed E-state index contributed by atoms with van der Waals surface area (Å²) < 4.78 is 1.06. The first-order valence-electron chi connectivity index (χ1n) is 4.82. The number of halogens is 1. The largest absolute Gasteiger partial charge is 0.346 e. The zero-order chi connectivity index (χ0) is 12.1. The first-order valence-corrected chi connectivity index (χ1v) is 7.37. The Morgan fingerprint density at radius 3 is 3.06 bits per heavy atom. The summed E-state index contributed by atoms with van der Waals surface area (Å²) in [6, 6.07) is 1.97. The molecular weight excluding hydrogens is 320 g/mol. The van der Waals surface area contributed by atoms with Crippen LogP contribution in [0.3, 0.4) is 0 Å². The molecule has 3 nitrogen and oxygen atoms in total. The molecule has 0 aromatic carbocycles. The van der Waals surface area contributed by atoms with Gasteiger partial charge in [-0.1, -0.05) is 0 Å². The van der Waals surface area contributed by atoms with E-state index in [2.05, 4.69) is 26.2 Å². The molecule has 1 amide bonds. The van der Waals surface area contributed by atoms with Crippen LogP contribution in [0.4, 0.5) is 0 Å². The average molecular weight is 329 g/mol. The Morgan fingerprint density at radius 2 is 2.41 bits per heavy atom. The molecule has 2 aromatic rings. The van der Waals surface area contributed by atoms with Crippen LogP contribution in [-0.4, -0.2) is 10.9 Å². The van der Waals surface area contributed by atoms with Crippen LogP contribution >= 0.6 is 38.6 Å². The zero-order valence-corrected chi connectivity index (χ0v) is 11.9. The van der Waals surface area contributed by atoms with E-state index in [0.29, 0.717) is 6.54 Å². The second kappa shape index (κ2) is 6.09. The number of nitrogens with zero attached hydrogens (tertiary/aromatic N) is 1. The maximum Gasteiger partial charge on any atom is 0.244 e. The van der Waals surface area contributed by atoms with Crippen LogP contribution in [0.2, 0.25) is 0 Å². The van der Waals surface area contributed by atoms with Crippen molar-refractivity contribution < 1.29 is 4.79 Å². The highest BCUT2D eigenvalue weighted by atomic mass is 79.9. The van der Waals surface area contributed by atoms with Crippen LogP contribution in [0.1, 0.15) is 10.6 Å². The van der Waals surface area contributed by atoms with Crippen molar-refractivity contribution in [2.75, 3.05) is 0 Å². The Bertz CT molecular complexity index is 519. The second-order valence-corrected chi connectivity index (χ2v) is 6.43. The SMILES string of the molecule is O=C(/C=C/c1csc(Br)c1)NCc1nccs1. The van der Waals surface area contributed by atoms with Gasteiger partial charge in [0.15, 0.2) is 0 Å². The van der Waals surface area contributed by atoms with Gasteiger partial charge in [-0.05, 0) is 39.0 Å². The highest BCUT2D eigenvalue weighted by molar-refractivity contribution is 9.11. The summed E-state index contributed by atoms with van der Waals surface area (Å²) >= 11 is 6.49. The van der Waals surface area contributed by atoms with Crippen LogP contribution in [0.5, 0.6) is 0 Å². The molecule has 0 unspecified atom stereocenters. The van der Waals surface area contributed by atoms with Gasteiger partial charge in [-0.2, -0.15) is 0 Å². The first kappa shape index (κ1) is 12.5. The lowest BCUT2D eigenvalue weighted by atomic mass is 10.3. The molecule has 2 rings (SSSR count). The predicted octanol–water partition coefficient (Wildman–Crippen LogP) is 3.30. The van der Waals surface area contributed by atoms with E-state index in [0.717, 1.165) is 14.4 Å². The zero-order valence-electron chi connectivity index (χ0n) is 8.72. The van der Waals surface area contributed by atoms with E-state index >= 15 is 0 Å². The number of hydrogen-bond donors (Lipinski definition) is 1. The molecule has 0 aliphatic heterocycles. The number of nitrogens with one attached hydrogen (secondary N) is 1. The van der Waals surface area contributed by atoms with E-state index in [9.17, 15) is 4.79 Å². The minimum atomic E-state index is -0.109. The lowest BCUT2D eigenvalue weighted by Gasteiger charge is -1.97. The highest BCUT2D eigenvalue weighted by Gasteiger charge is 1.99. The molecule has 0 saturated heterocycles. The lowest BCUT2D eigenvalue weighted by Crippen LogP contribution is -2.19. The van der Waals surface area contributed by atoms with E-state index in [-0.39, 0.29) is 5.91 Å². The summed E-state index contributed by atoms with van der Waals surface area (Å²) in [5, 5.41) is 7.55. The van der Waals surface area contributed by atoms with Crippen molar-refractivity contribution in [1.82, 2.24) is 10.3 Å². The van der Waals surface area contributed by atoms with Gasteiger partial charge in [-0.15, -0.1) is 22.7 Å². The topological polar surface area (TPSA) is 42.0 Å². The van der Waals surface area contributed by atoms with Gasteiger partial charge in [0.05, 0.1) is 10.3 Å². The number of thiophene rings is 1. The summed E-state index contributed by atoms with van der Waals surface area (Å²) in [4.78, 5) is 15.6. The number of aromatic nitrogens is 1. The van der Waals surface area contributed by atoms with Gasteiger partial charge in [0, 0.05) is 17.7 Å². The molecular formula is C11H9BrN2OS2. The van der Waals surface area contributed by atoms with Gasteiger partial charge in [0.1, 0.15) is 5.01 Å². The van der Waals surface area contributed by atoms with Crippen molar-refractivity contribution >= 4 is 50.6 Å². The molecule has 0 aliphatic rings. The summed E-state index contributed by atoms with van der Waals surface area (Å²) in [6.45, 7) is 0.480. The molecule has 6 heteroatoms. The van der Waals surface area contributed by atoms with Crippen molar-refractivity contribution in [2.24, 2.45) is 0 Å². The molecule has 0 aliphatic carbocycles. The fraction of sp³-hybridized carbons (Fsp3) is 0.0909. The monoisotopic (exact) mass is 328 g/mol. The molecule has 0 bridgehead atoms. The third-order valence-corrected chi connectivity index (χ3v) is 4.21. The van der Waals surface area contributed by atoms with E-state index in [4.69, 9.17) is 0 Å². The van der Waals surface area contributed by atoms with Gasteiger partial charge >= 0.3 is 0 Å². The summed E-state index contributed by atoms with van der Waals surface area (Å²) in [7, 11) is 0. The predicted molar refractivity (Wildman–Crippen MR) is 75.0 cm³/mol.